The van der Waals surface area contributed by atoms with Gasteiger partial charge in [0, 0.05) is 17.0 Å². The molecule has 0 saturated carbocycles. The van der Waals surface area contributed by atoms with Gasteiger partial charge in [-0.1, -0.05) is 54.6 Å². The zero-order chi connectivity index (χ0) is 27.2. The molecule has 0 amide bonds. The van der Waals surface area contributed by atoms with E-state index >= 15 is 0 Å². The summed E-state index contributed by atoms with van der Waals surface area (Å²) in [6.07, 6.45) is 3.46. The molecule has 0 unspecified atom stereocenters. The van der Waals surface area contributed by atoms with Crippen molar-refractivity contribution in [2.24, 2.45) is 0 Å². The molecule has 0 atom stereocenters. The van der Waals surface area contributed by atoms with Gasteiger partial charge in [0.05, 0.1) is 10.4 Å². The molecule has 1 saturated heterocycles. The van der Waals surface area contributed by atoms with Gasteiger partial charge in [-0.3, -0.25) is 0 Å². The molecule has 0 N–H and O–H groups in total. The van der Waals surface area contributed by atoms with Gasteiger partial charge in [0.25, 0.3) is 10.0 Å². The van der Waals surface area contributed by atoms with Crippen LogP contribution in [0.1, 0.15) is 24.3 Å². The third-order valence-corrected chi connectivity index (χ3v) is 10.4. The molecule has 4 aromatic carbocycles. The summed E-state index contributed by atoms with van der Waals surface area (Å²) in [6.45, 7) is 1.79. The van der Waals surface area contributed by atoms with Crippen molar-refractivity contribution >= 4 is 41.8 Å². The second-order valence-electron chi connectivity index (χ2n) is 9.97. The minimum absolute atomic E-state index is 0.0525. The second kappa shape index (κ2) is 9.82. The van der Waals surface area contributed by atoms with Gasteiger partial charge in [0.1, 0.15) is 10.6 Å². The molecule has 9 heteroatoms. The first-order valence-corrected chi connectivity index (χ1v) is 15.7. The lowest BCUT2D eigenvalue weighted by atomic mass is 9.89. The van der Waals surface area contributed by atoms with E-state index in [4.69, 9.17) is 4.18 Å². The fourth-order valence-electron chi connectivity index (χ4n) is 5.39. The Morgan fingerprint density at radius 1 is 0.769 bits per heavy atom. The molecule has 1 fully saturated rings. The maximum atomic E-state index is 14.1. The lowest BCUT2D eigenvalue weighted by molar-refractivity contribution is 0.256. The Labute approximate surface area is 228 Å². The molecule has 0 spiro atoms. The van der Waals surface area contributed by atoms with Gasteiger partial charge < -0.3 is 9.08 Å². The van der Waals surface area contributed by atoms with Crippen LogP contribution in [-0.2, 0) is 20.1 Å². The zero-order valence-corrected chi connectivity index (χ0v) is 23.0. The lowest BCUT2D eigenvalue weighted by Gasteiger charge is -2.28. The molecule has 6 rings (SSSR count). The van der Waals surface area contributed by atoms with E-state index in [-0.39, 0.29) is 21.5 Å². The molecule has 7 nitrogen and oxygen atoms in total. The first-order chi connectivity index (χ1) is 18.7. The van der Waals surface area contributed by atoms with Crippen LogP contribution in [-0.4, -0.2) is 45.8 Å². The zero-order valence-electron chi connectivity index (χ0n) is 21.4. The second-order valence-corrected chi connectivity index (χ2v) is 13.3. The quantitative estimate of drug-likeness (QED) is 0.251. The van der Waals surface area contributed by atoms with E-state index in [0.717, 1.165) is 36.9 Å². The highest BCUT2D eigenvalue weighted by Gasteiger charge is 2.28. The van der Waals surface area contributed by atoms with Crippen molar-refractivity contribution < 1.29 is 21.0 Å². The third kappa shape index (κ3) is 4.71. The standard InChI is InChI=1S/C30H28N2O5S2/c1-31-18-16-23(17-19-31)28-21-32(38(33,34)30-13-7-9-22-8-5-6-12-26(22)30)29-15-14-24(20-27(28)29)37-39(35,36)25-10-3-2-4-11-25/h2-15,20-21,23H,16-19H2,1H3. The van der Waals surface area contributed by atoms with E-state index < -0.39 is 20.1 Å². The highest BCUT2D eigenvalue weighted by Crippen LogP contribution is 2.38. The summed E-state index contributed by atoms with van der Waals surface area (Å²) in [5, 5.41) is 2.16. The number of hydrogen-bond acceptors (Lipinski definition) is 6. The van der Waals surface area contributed by atoms with Crippen LogP contribution in [0.5, 0.6) is 5.75 Å². The normalized spacial score (nSPS) is 15.6. The number of likely N-dealkylation sites (tertiary alicyclic amines) is 1. The molecule has 0 aliphatic carbocycles. The largest absolute Gasteiger partial charge is 0.379 e. The van der Waals surface area contributed by atoms with Gasteiger partial charge in [-0.15, -0.1) is 0 Å². The van der Waals surface area contributed by atoms with Crippen LogP contribution < -0.4 is 4.18 Å². The summed E-state index contributed by atoms with van der Waals surface area (Å²) >= 11 is 0. The average Bonchev–Trinajstić information content (AvgIpc) is 3.33. The third-order valence-electron chi connectivity index (χ3n) is 7.46. The highest BCUT2D eigenvalue weighted by atomic mass is 32.2. The molecular weight excluding hydrogens is 532 g/mol. The van der Waals surface area contributed by atoms with Crippen LogP contribution >= 0.6 is 0 Å². The van der Waals surface area contributed by atoms with Crippen molar-refractivity contribution in [1.82, 2.24) is 8.87 Å². The number of fused-ring (bicyclic) bond motifs is 2. The first-order valence-electron chi connectivity index (χ1n) is 12.8. The highest BCUT2D eigenvalue weighted by molar-refractivity contribution is 7.90. The summed E-state index contributed by atoms with van der Waals surface area (Å²) in [4.78, 5) is 2.53. The molecule has 1 aliphatic rings. The van der Waals surface area contributed by atoms with Gasteiger partial charge in [-0.25, -0.2) is 12.4 Å². The maximum absolute atomic E-state index is 14.1. The topological polar surface area (TPSA) is 85.7 Å². The summed E-state index contributed by atoms with van der Waals surface area (Å²) in [5.41, 5.74) is 1.37. The number of nitrogens with zero attached hydrogens (tertiary/aromatic N) is 2. The maximum Gasteiger partial charge on any atom is 0.339 e. The van der Waals surface area contributed by atoms with E-state index in [9.17, 15) is 16.8 Å². The van der Waals surface area contributed by atoms with Gasteiger partial charge >= 0.3 is 10.1 Å². The summed E-state index contributed by atoms with van der Waals surface area (Å²) in [7, 11) is -5.94. The predicted octanol–water partition coefficient (Wildman–Crippen LogP) is 5.61. The molecule has 200 valence electrons. The van der Waals surface area contributed by atoms with Gasteiger partial charge in [0.2, 0.25) is 0 Å². The Kier molecular flexibility index (Phi) is 6.45. The van der Waals surface area contributed by atoms with Crippen molar-refractivity contribution in [3.05, 3.63) is 103 Å². The lowest BCUT2D eigenvalue weighted by Crippen LogP contribution is -2.29. The SMILES string of the molecule is CN1CCC(c2cn(S(=O)(=O)c3cccc4ccccc34)c3ccc(OS(=O)(=O)c4ccccc4)cc23)CC1. The molecule has 0 bridgehead atoms. The van der Waals surface area contributed by atoms with Crippen LogP contribution in [0.2, 0.25) is 0 Å². The molecule has 1 aliphatic heterocycles. The molecule has 2 heterocycles. The summed E-state index contributed by atoms with van der Waals surface area (Å²) < 4.78 is 60.9. The minimum atomic E-state index is -4.05. The van der Waals surface area contributed by atoms with E-state index in [1.54, 1.807) is 48.7 Å². The minimum Gasteiger partial charge on any atom is -0.379 e. The molecule has 5 aromatic rings. The molecule has 39 heavy (non-hydrogen) atoms. The number of piperidine rings is 1. The van der Waals surface area contributed by atoms with Crippen molar-refractivity contribution in [3.8, 4) is 5.75 Å². The number of rotatable bonds is 6. The Balaban J connectivity index is 1.50. The van der Waals surface area contributed by atoms with Crippen molar-refractivity contribution in [3.63, 3.8) is 0 Å². The van der Waals surface area contributed by atoms with Crippen LogP contribution in [0.3, 0.4) is 0 Å². The van der Waals surface area contributed by atoms with Gasteiger partial charge in [-0.2, -0.15) is 8.42 Å². The molecular formula is C30H28N2O5S2. The number of aromatic nitrogens is 1. The van der Waals surface area contributed by atoms with Gasteiger partial charge in [-0.05, 0) is 86.2 Å². The average molecular weight is 561 g/mol. The fraction of sp³-hybridized carbons (Fsp3) is 0.200. The van der Waals surface area contributed by atoms with E-state index in [1.807, 2.05) is 30.3 Å². The van der Waals surface area contributed by atoms with Crippen molar-refractivity contribution in [2.45, 2.75) is 28.6 Å². The van der Waals surface area contributed by atoms with Crippen LogP contribution in [0, 0.1) is 0 Å². The van der Waals surface area contributed by atoms with Crippen molar-refractivity contribution in [1.29, 1.82) is 0 Å². The summed E-state index contributed by atoms with van der Waals surface area (Å²) in [6, 6.07) is 25.4. The summed E-state index contributed by atoms with van der Waals surface area (Å²) in [5.74, 6) is 0.273. The Morgan fingerprint density at radius 3 is 2.23 bits per heavy atom. The number of benzene rings is 4. The molecule has 0 radical (unpaired) electrons. The Hall–Kier alpha value is -3.66. The van der Waals surface area contributed by atoms with E-state index in [2.05, 4.69) is 11.9 Å². The first kappa shape index (κ1) is 25.6. The van der Waals surface area contributed by atoms with Crippen molar-refractivity contribution in [2.75, 3.05) is 20.1 Å². The van der Waals surface area contributed by atoms with Crippen LogP contribution in [0.4, 0.5) is 0 Å². The number of hydrogen-bond donors (Lipinski definition) is 0. The van der Waals surface area contributed by atoms with E-state index in [1.165, 1.54) is 22.2 Å². The fourth-order valence-corrected chi connectivity index (χ4v) is 7.93. The Bertz CT molecular complexity index is 1890. The molecule has 1 aromatic heterocycles. The smallest absolute Gasteiger partial charge is 0.339 e. The van der Waals surface area contributed by atoms with Gasteiger partial charge in [0.15, 0.2) is 0 Å². The Morgan fingerprint density at radius 2 is 1.46 bits per heavy atom. The van der Waals surface area contributed by atoms with Crippen LogP contribution in [0.25, 0.3) is 21.7 Å². The monoisotopic (exact) mass is 560 g/mol. The van der Waals surface area contributed by atoms with Crippen LogP contribution in [0.15, 0.2) is 107 Å². The van der Waals surface area contributed by atoms with E-state index in [0.29, 0.717) is 16.3 Å². The predicted molar refractivity (Wildman–Crippen MR) is 152 cm³/mol.